The molecule has 0 spiro atoms. The van der Waals surface area contributed by atoms with Crippen molar-refractivity contribution in [3.05, 3.63) is 35.4 Å². The highest BCUT2D eigenvalue weighted by molar-refractivity contribution is 5.84. The number of hydrogen-bond acceptors (Lipinski definition) is 9. The molecule has 42 heavy (non-hydrogen) atoms. The van der Waals surface area contributed by atoms with Crippen LogP contribution in [-0.4, -0.2) is 107 Å². The highest BCUT2D eigenvalue weighted by atomic mass is 16.5. The normalized spacial score (nSPS) is 11.5. The van der Waals surface area contributed by atoms with Crippen LogP contribution in [0.3, 0.4) is 0 Å². The molecule has 14 heteroatoms. The molecule has 1 aromatic carbocycles. The van der Waals surface area contributed by atoms with Gasteiger partial charge in [-0.1, -0.05) is 29.8 Å². The molecule has 0 aliphatic rings. The second-order valence-corrected chi connectivity index (χ2v) is 9.33. The van der Waals surface area contributed by atoms with Crippen molar-refractivity contribution < 1.29 is 48.0 Å². The monoisotopic (exact) mass is 596 g/mol. The van der Waals surface area contributed by atoms with Crippen LogP contribution >= 0.6 is 0 Å². The Morgan fingerprint density at radius 2 is 1.33 bits per heavy atom. The van der Waals surface area contributed by atoms with Crippen LogP contribution in [0.5, 0.6) is 0 Å². The molecule has 6 N–H and O–H groups in total. The van der Waals surface area contributed by atoms with Gasteiger partial charge in [-0.3, -0.25) is 19.2 Å². The molecule has 0 bridgehead atoms. The minimum Gasteiger partial charge on any atom is -0.480 e. The van der Waals surface area contributed by atoms with Gasteiger partial charge >= 0.3 is 5.97 Å². The van der Waals surface area contributed by atoms with Crippen molar-refractivity contribution in [2.45, 2.75) is 45.1 Å². The Hall–Kier alpha value is -3.59. The third-order valence-corrected chi connectivity index (χ3v) is 5.64. The molecule has 0 heterocycles. The van der Waals surface area contributed by atoms with E-state index >= 15 is 0 Å². The van der Waals surface area contributed by atoms with Crippen molar-refractivity contribution in [1.82, 2.24) is 16.0 Å². The van der Waals surface area contributed by atoms with Crippen LogP contribution in [0.25, 0.3) is 0 Å². The summed E-state index contributed by atoms with van der Waals surface area (Å²) >= 11 is 0. The number of carboxylic acids is 1. The minimum atomic E-state index is -1.19. The SMILES string of the molecule is Cc1ccc(CCCC(=O)NC(CCC(=O)NCCOCCOCC(=O)NCCOCCOCC(N)=O)C(=O)O)cc1. The summed E-state index contributed by atoms with van der Waals surface area (Å²) in [4.78, 5) is 57.9. The smallest absolute Gasteiger partial charge is 0.326 e. The zero-order chi connectivity index (χ0) is 31.0. The lowest BCUT2D eigenvalue weighted by Crippen LogP contribution is -2.41. The van der Waals surface area contributed by atoms with E-state index in [1.807, 2.05) is 31.2 Å². The molecule has 0 fully saturated rings. The fraction of sp³-hybridized carbons (Fsp3) is 0.607. The van der Waals surface area contributed by atoms with E-state index in [4.69, 9.17) is 24.7 Å². The van der Waals surface area contributed by atoms with Crippen molar-refractivity contribution in [3.8, 4) is 0 Å². The molecule has 4 amide bonds. The summed E-state index contributed by atoms with van der Waals surface area (Å²) in [5, 5.41) is 17.1. The first-order valence-corrected chi connectivity index (χ1v) is 13.9. The maximum absolute atomic E-state index is 12.2. The summed E-state index contributed by atoms with van der Waals surface area (Å²) in [6.07, 6.45) is 1.41. The average Bonchev–Trinajstić information content (AvgIpc) is 2.94. The molecule has 1 atom stereocenters. The Morgan fingerprint density at radius 3 is 1.93 bits per heavy atom. The second-order valence-electron chi connectivity index (χ2n) is 9.33. The van der Waals surface area contributed by atoms with Crippen LogP contribution in [0.15, 0.2) is 24.3 Å². The molecule has 0 saturated heterocycles. The Labute approximate surface area is 246 Å². The van der Waals surface area contributed by atoms with E-state index in [0.29, 0.717) is 19.4 Å². The van der Waals surface area contributed by atoms with Gasteiger partial charge < -0.3 is 45.7 Å². The zero-order valence-electron chi connectivity index (χ0n) is 24.2. The van der Waals surface area contributed by atoms with Gasteiger partial charge in [0, 0.05) is 25.9 Å². The van der Waals surface area contributed by atoms with Gasteiger partial charge in [0.05, 0.1) is 39.6 Å². The van der Waals surface area contributed by atoms with Crippen LogP contribution in [-0.2, 0) is 49.3 Å². The number of carboxylic acid groups (broad SMARTS) is 1. The number of ether oxygens (including phenoxy) is 4. The number of aryl methyl sites for hydroxylation is 2. The number of aliphatic carboxylic acids is 1. The van der Waals surface area contributed by atoms with E-state index in [0.717, 1.165) is 11.1 Å². The van der Waals surface area contributed by atoms with Crippen LogP contribution in [0.2, 0.25) is 0 Å². The number of primary amides is 1. The summed E-state index contributed by atoms with van der Waals surface area (Å²) in [6.45, 7) is 3.59. The molecule has 1 aromatic rings. The van der Waals surface area contributed by atoms with Crippen molar-refractivity contribution in [3.63, 3.8) is 0 Å². The summed E-state index contributed by atoms with van der Waals surface area (Å²) in [5.74, 6) is -2.77. The summed E-state index contributed by atoms with van der Waals surface area (Å²) in [7, 11) is 0. The first kappa shape index (κ1) is 36.4. The molecular weight excluding hydrogens is 552 g/mol. The van der Waals surface area contributed by atoms with Gasteiger partial charge in [0.1, 0.15) is 19.3 Å². The Morgan fingerprint density at radius 1 is 0.762 bits per heavy atom. The molecule has 0 aliphatic heterocycles. The van der Waals surface area contributed by atoms with Crippen molar-refractivity contribution in [1.29, 1.82) is 0 Å². The van der Waals surface area contributed by atoms with Crippen molar-refractivity contribution in [2.24, 2.45) is 5.73 Å². The lowest BCUT2D eigenvalue weighted by Gasteiger charge is -2.14. The van der Waals surface area contributed by atoms with E-state index in [1.165, 1.54) is 0 Å². The van der Waals surface area contributed by atoms with E-state index in [-0.39, 0.29) is 96.4 Å². The number of nitrogens with one attached hydrogen (secondary N) is 3. The third kappa shape index (κ3) is 20.3. The van der Waals surface area contributed by atoms with Crippen molar-refractivity contribution >= 4 is 29.6 Å². The van der Waals surface area contributed by atoms with E-state index < -0.39 is 17.9 Å². The van der Waals surface area contributed by atoms with E-state index in [1.54, 1.807) is 0 Å². The largest absolute Gasteiger partial charge is 0.480 e. The first-order valence-electron chi connectivity index (χ1n) is 13.9. The third-order valence-electron chi connectivity index (χ3n) is 5.64. The number of carbonyl (C=O) groups is 5. The lowest BCUT2D eigenvalue weighted by atomic mass is 10.1. The van der Waals surface area contributed by atoms with Crippen molar-refractivity contribution in [2.75, 3.05) is 65.9 Å². The molecule has 0 saturated carbocycles. The number of amides is 4. The minimum absolute atomic E-state index is 0.0286. The quantitative estimate of drug-likeness (QED) is 0.0911. The summed E-state index contributed by atoms with van der Waals surface area (Å²) < 4.78 is 20.7. The highest BCUT2D eigenvalue weighted by Crippen LogP contribution is 2.08. The molecule has 14 nitrogen and oxygen atoms in total. The van der Waals surface area contributed by atoms with Gasteiger partial charge in [-0.15, -0.1) is 0 Å². The summed E-state index contributed by atoms with van der Waals surface area (Å²) in [5.41, 5.74) is 7.20. The van der Waals surface area contributed by atoms with E-state index in [9.17, 15) is 29.1 Å². The Bertz CT molecular complexity index is 959. The number of benzene rings is 1. The topological polar surface area (TPSA) is 205 Å². The number of rotatable bonds is 25. The highest BCUT2D eigenvalue weighted by Gasteiger charge is 2.20. The Balaban J connectivity index is 2.01. The van der Waals surface area contributed by atoms with Gasteiger partial charge in [0.2, 0.25) is 23.6 Å². The van der Waals surface area contributed by atoms with Gasteiger partial charge in [0.15, 0.2) is 0 Å². The molecule has 0 aromatic heterocycles. The van der Waals surface area contributed by atoms with Gasteiger partial charge in [-0.2, -0.15) is 0 Å². The number of carbonyl (C=O) groups excluding carboxylic acids is 4. The fourth-order valence-corrected chi connectivity index (χ4v) is 3.45. The maximum Gasteiger partial charge on any atom is 0.326 e. The van der Waals surface area contributed by atoms with Crippen LogP contribution in [0.4, 0.5) is 0 Å². The molecule has 1 unspecified atom stereocenters. The zero-order valence-corrected chi connectivity index (χ0v) is 24.2. The van der Waals surface area contributed by atoms with Gasteiger partial charge in [0.25, 0.3) is 0 Å². The molecular formula is C28H44N4O10. The second kappa shape index (κ2) is 23.0. The standard InChI is InChI=1S/C28H44N4O10/c1-21-5-7-22(8-6-21)3-2-4-26(35)32-23(28(37)38)9-10-25(34)30-11-13-39-16-18-42-20-27(36)31-12-14-40-15-17-41-19-24(29)33/h5-8,23H,2-4,9-20H2,1H3,(H2,29,33)(H,30,34)(H,31,36)(H,32,35)(H,37,38). The fourth-order valence-electron chi connectivity index (χ4n) is 3.45. The number of nitrogens with two attached hydrogens (primary N) is 1. The predicted molar refractivity (Wildman–Crippen MR) is 151 cm³/mol. The molecule has 0 aliphatic carbocycles. The first-order chi connectivity index (χ1) is 20.2. The van der Waals surface area contributed by atoms with Crippen LogP contribution < -0.4 is 21.7 Å². The molecule has 236 valence electrons. The van der Waals surface area contributed by atoms with Crippen LogP contribution in [0.1, 0.15) is 36.8 Å². The van der Waals surface area contributed by atoms with Crippen LogP contribution in [0, 0.1) is 6.92 Å². The van der Waals surface area contributed by atoms with Gasteiger partial charge in [-0.05, 0) is 31.7 Å². The average molecular weight is 597 g/mol. The number of hydrogen-bond donors (Lipinski definition) is 5. The maximum atomic E-state index is 12.2. The van der Waals surface area contributed by atoms with E-state index in [2.05, 4.69) is 16.0 Å². The lowest BCUT2D eigenvalue weighted by molar-refractivity contribution is -0.142. The predicted octanol–water partition coefficient (Wildman–Crippen LogP) is -0.549. The molecule has 1 rings (SSSR count). The Kier molecular flexibility index (Phi) is 20.0. The van der Waals surface area contributed by atoms with Gasteiger partial charge in [-0.25, -0.2) is 4.79 Å². The summed E-state index contributed by atoms with van der Waals surface area (Å²) in [6, 6.07) is 6.87. The molecule has 0 radical (unpaired) electrons.